The summed E-state index contributed by atoms with van der Waals surface area (Å²) in [6.45, 7) is 6.31. The zero-order chi connectivity index (χ0) is 12.4. The van der Waals surface area contributed by atoms with Crippen LogP contribution in [-0.2, 0) is 6.54 Å². The van der Waals surface area contributed by atoms with Gasteiger partial charge in [0.25, 0.3) is 0 Å². The van der Waals surface area contributed by atoms with E-state index in [0.29, 0.717) is 11.6 Å². The van der Waals surface area contributed by atoms with Crippen LogP contribution in [0.25, 0.3) is 0 Å². The number of aromatic nitrogens is 1. The minimum absolute atomic E-state index is 0.407. The third-order valence-electron chi connectivity index (χ3n) is 3.35. The first-order chi connectivity index (χ1) is 8.10. The number of aromatic carboxylic acids is 1. The molecule has 0 aromatic carbocycles. The minimum Gasteiger partial charge on any atom is -0.477 e. The molecule has 1 aliphatic rings. The largest absolute Gasteiger partial charge is 0.477 e. The zero-order valence-electron chi connectivity index (χ0n) is 9.90. The first-order valence-electron chi connectivity index (χ1n) is 5.91. The lowest BCUT2D eigenvalue weighted by atomic mass is 10.1. The van der Waals surface area contributed by atoms with Gasteiger partial charge in [0, 0.05) is 22.9 Å². The predicted molar refractivity (Wildman–Crippen MR) is 74.3 cm³/mol. The molecule has 1 aromatic heterocycles. The molecule has 1 aromatic rings. The van der Waals surface area contributed by atoms with Crippen molar-refractivity contribution < 1.29 is 9.90 Å². The van der Waals surface area contributed by atoms with Crippen LogP contribution in [0, 0.1) is 9.49 Å². The fourth-order valence-electron chi connectivity index (χ4n) is 2.43. The van der Waals surface area contributed by atoms with E-state index >= 15 is 0 Å². The van der Waals surface area contributed by atoms with Gasteiger partial charge in [-0.25, -0.2) is 4.79 Å². The zero-order valence-corrected chi connectivity index (χ0v) is 12.1. The summed E-state index contributed by atoms with van der Waals surface area (Å²) in [5.41, 5.74) is 0.407. The molecule has 4 nitrogen and oxygen atoms in total. The summed E-state index contributed by atoms with van der Waals surface area (Å²) in [5.74, 6) is -0.255. The Morgan fingerprint density at radius 1 is 1.65 bits per heavy atom. The van der Waals surface area contributed by atoms with E-state index in [9.17, 15) is 4.79 Å². The maximum atomic E-state index is 11.1. The van der Waals surface area contributed by atoms with Gasteiger partial charge in [-0.3, -0.25) is 0 Å². The molecule has 1 fully saturated rings. The fraction of sp³-hybridized carbons (Fsp3) is 0.583. The molecular formula is C12H17IN2O2. The SMILES string of the molecule is CCN1CCC(Cn2cc(I)cc2C(=O)O)C1. The lowest BCUT2D eigenvalue weighted by Gasteiger charge is -2.14. The molecule has 1 N–H and O–H groups in total. The molecule has 0 amide bonds. The highest BCUT2D eigenvalue weighted by Crippen LogP contribution is 2.20. The average molecular weight is 348 g/mol. The first kappa shape index (κ1) is 12.9. The van der Waals surface area contributed by atoms with Crippen molar-refractivity contribution in [1.29, 1.82) is 0 Å². The van der Waals surface area contributed by atoms with Crippen LogP contribution in [-0.4, -0.2) is 40.2 Å². The number of carboxylic acids is 1. The molecule has 2 heterocycles. The minimum atomic E-state index is -0.835. The van der Waals surface area contributed by atoms with Crippen LogP contribution in [0.3, 0.4) is 0 Å². The molecule has 1 saturated heterocycles. The van der Waals surface area contributed by atoms with Gasteiger partial charge in [0.1, 0.15) is 5.69 Å². The molecule has 2 rings (SSSR count). The van der Waals surface area contributed by atoms with E-state index < -0.39 is 5.97 Å². The van der Waals surface area contributed by atoms with Crippen molar-refractivity contribution >= 4 is 28.6 Å². The van der Waals surface area contributed by atoms with Crippen molar-refractivity contribution in [2.75, 3.05) is 19.6 Å². The molecule has 94 valence electrons. The fourth-order valence-corrected chi connectivity index (χ4v) is 3.06. The van der Waals surface area contributed by atoms with Crippen molar-refractivity contribution in [3.63, 3.8) is 0 Å². The Morgan fingerprint density at radius 2 is 2.41 bits per heavy atom. The molecule has 0 spiro atoms. The van der Waals surface area contributed by atoms with E-state index in [0.717, 1.165) is 29.7 Å². The number of halogens is 1. The first-order valence-corrected chi connectivity index (χ1v) is 6.99. The number of rotatable bonds is 4. The Balaban J connectivity index is 2.06. The average Bonchev–Trinajstić information content (AvgIpc) is 2.85. The van der Waals surface area contributed by atoms with Crippen molar-refractivity contribution in [3.8, 4) is 0 Å². The Hall–Kier alpha value is -0.560. The van der Waals surface area contributed by atoms with E-state index in [2.05, 4.69) is 34.4 Å². The summed E-state index contributed by atoms with van der Waals surface area (Å²) in [5, 5.41) is 9.12. The lowest BCUT2D eigenvalue weighted by Crippen LogP contribution is -2.22. The Bertz CT molecular complexity index is 417. The van der Waals surface area contributed by atoms with Crippen LogP contribution in [0.15, 0.2) is 12.3 Å². The van der Waals surface area contributed by atoms with Crippen molar-refractivity contribution in [1.82, 2.24) is 9.47 Å². The molecule has 17 heavy (non-hydrogen) atoms. The Labute approximate surface area is 115 Å². The number of carboxylic acid groups (broad SMARTS) is 1. The summed E-state index contributed by atoms with van der Waals surface area (Å²) in [4.78, 5) is 13.5. The molecule has 0 radical (unpaired) electrons. The van der Waals surface area contributed by atoms with Gasteiger partial charge in [-0.05, 0) is 54.1 Å². The van der Waals surface area contributed by atoms with Gasteiger partial charge >= 0.3 is 5.97 Å². The van der Waals surface area contributed by atoms with E-state index in [1.807, 2.05) is 10.8 Å². The van der Waals surface area contributed by atoms with Crippen LogP contribution >= 0.6 is 22.6 Å². The second-order valence-electron chi connectivity index (χ2n) is 4.55. The molecular weight excluding hydrogens is 331 g/mol. The molecule has 0 aliphatic carbocycles. The summed E-state index contributed by atoms with van der Waals surface area (Å²) in [6, 6.07) is 1.73. The second kappa shape index (κ2) is 5.39. The highest BCUT2D eigenvalue weighted by atomic mass is 127. The molecule has 1 atom stereocenters. The van der Waals surface area contributed by atoms with Gasteiger partial charge in [-0.2, -0.15) is 0 Å². The highest BCUT2D eigenvalue weighted by molar-refractivity contribution is 14.1. The molecule has 0 saturated carbocycles. The van der Waals surface area contributed by atoms with E-state index in [1.54, 1.807) is 6.07 Å². The summed E-state index contributed by atoms with van der Waals surface area (Å²) >= 11 is 2.16. The quantitative estimate of drug-likeness (QED) is 0.848. The second-order valence-corrected chi connectivity index (χ2v) is 5.79. The number of nitrogens with zero attached hydrogens (tertiary/aromatic N) is 2. The molecule has 0 bridgehead atoms. The summed E-state index contributed by atoms with van der Waals surface area (Å²) in [6.07, 6.45) is 3.10. The van der Waals surface area contributed by atoms with Gasteiger partial charge in [-0.1, -0.05) is 6.92 Å². The summed E-state index contributed by atoms with van der Waals surface area (Å²) < 4.78 is 2.87. The molecule has 1 aliphatic heterocycles. The maximum Gasteiger partial charge on any atom is 0.352 e. The number of carbonyl (C=O) groups is 1. The van der Waals surface area contributed by atoms with Gasteiger partial charge in [0.15, 0.2) is 0 Å². The maximum absolute atomic E-state index is 11.1. The van der Waals surface area contributed by atoms with E-state index in [1.165, 1.54) is 6.42 Å². The number of hydrogen-bond donors (Lipinski definition) is 1. The van der Waals surface area contributed by atoms with Crippen molar-refractivity contribution in [2.24, 2.45) is 5.92 Å². The van der Waals surface area contributed by atoms with E-state index in [-0.39, 0.29) is 0 Å². The highest BCUT2D eigenvalue weighted by Gasteiger charge is 2.23. The topological polar surface area (TPSA) is 45.5 Å². The van der Waals surface area contributed by atoms with Crippen LogP contribution in [0.2, 0.25) is 0 Å². The molecule has 5 heteroatoms. The van der Waals surface area contributed by atoms with Crippen LogP contribution < -0.4 is 0 Å². The van der Waals surface area contributed by atoms with E-state index in [4.69, 9.17) is 5.11 Å². The van der Waals surface area contributed by atoms with Gasteiger partial charge in [0.2, 0.25) is 0 Å². The number of hydrogen-bond acceptors (Lipinski definition) is 2. The standard InChI is InChI=1S/C12H17IN2O2/c1-2-14-4-3-9(6-14)7-15-8-10(13)5-11(15)12(16)17/h5,8-9H,2-4,6-7H2,1H3,(H,16,17). The smallest absolute Gasteiger partial charge is 0.352 e. The third kappa shape index (κ3) is 3.01. The Kier molecular flexibility index (Phi) is 4.09. The van der Waals surface area contributed by atoms with Gasteiger partial charge in [0.05, 0.1) is 0 Å². The van der Waals surface area contributed by atoms with Crippen LogP contribution in [0.5, 0.6) is 0 Å². The normalized spacial score (nSPS) is 20.9. The van der Waals surface area contributed by atoms with Crippen molar-refractivity contribution in [2.45, 2.75) is 19.9 Å². The van der Waals surface area contributed by atoms with Crippen LogP contribution in [0.1, 0.15) is 23.8 Å². The third-order valence-corrected chi connectivity index (χ3v) is 3.94. The van der Waals surface area contributed by atoms with Gasteiger partial charge < -0.3 is 14.6 Å². The number of likely N-dealkylation sites (tertiary alicyclic amines) is 1. The van der Waals surface area contributed by atoms with Crippen molar-refractivity contribution in [3.05, 3.63) is 21.5 Å². The summed E-state index contributed by atoms with van der Waals surface area (Å²) in [7, 11) is 0. The van der Waals surface area contributed by atoms with Gasteiger partial charge in [-0.15, -0.1) is 0 Å². The predicted octanol–water partition coefficient (Wildman–Crippen LogP) is 2.13. The lowest BCUT2D eigenvalue weighted by molar-refractivity contribution is 0.0684. The van der Waals surface area contributed by atoms with Crippen LogP contribution in [0.4, 0.5) is 0 Å². The molecule has 1 unspecified atom stereocenters. The Morgan fingerprint density at radius 3 is 3.00 bits per heavy atom. The monoisotopic (exact) mass is 348 g/mol.